The van der Waals surface area contributed by atoms with E-state index in [2.05, 4.69) is 13.0 Å². The molecular weight excluding hydrogens is 282 g/mol. The van der Waals surface area contributed by atoms with Crippen LogP contribution in [0.4, 0.5) is 0 Å². The minimum absolute atomic E-state index is 0. The molecule has 0 unspecified atom stereocenters. The van der Waals surface area contributed by atoms with Crippen LogP contribution in [0.3, 0.4) is 0 Å². The van der Waals surface area contributed by atoms with Crippen molar-refractivity contribution in [1.29, 1.82) is 0 Å². The normalized spacial score (nSPS) is 8.08. The zero-order valence-electron chi connectivity index (χ0n) is 8.10. The van der Waals surface area contributed by atoms with Crippen LogP contribution in [0, 0.1) is 6.58 Å². The average molecular weight is 299 g/mol. The smallest absolute Gasteiger partial charge is 1.00 e. The first kappa shape index (κ1) is 23.6. The third kappa shape index (κ3) is 24.6. The molecule has 0 aliphatic rings. The zero-order valence-corrected chi connectivity index (χ0v) is 12.1. The van der Waals surface area contributed by atoms with Crippen LogP contribution >= 0.6 is 0 Å². The van der Waals surface area contributed by atoms with E-state index in [1.165, 1.54) is 32.1 Å². The summed E-state index contributed by atoms with van der Waals surface area (Å²) in [5.41, 5.74) is 0. The molecule has 0 atom stereocenters. The summed E-state index contributed by atoms with van der Waals surface area (Å²) in [6.07, 6.45) is 12.1. The maximum atomic E-state index is 5.16. The molecule has 0 nitrogen and oxygen atoms in total. The van der Waals surface area contributed by atoms with Gasteiger partial charge in [0.1, 0.15) is 0 Å². The van der Waals surface area contributed by atoms with E-state index in [-0.39, 0.29) is 51.0 Å². The van der Waals surface area contributed by atoms with Gasteiger partial charge in [0, 0.05) is 0 Å². The number of hydrogen-bond acceptors (Lipinski definition) is 0. The summed E-state index contributed by atoms with van der Waals surface area (Å²) in [6, 6.07) is 0. The Morgan fingerprint density at radius 2 is 1.69 bits per heavy atom. The maximum Gasteiger partial charge on any atom is 3.00 e. The zero-order chi connectivity index (χ0) is 7.66. The van der Waals surface area contributed by atoms with Crippen LogP contribution in [0.1, 0.15) is 39.0 Å². The van der Waals surface area contributed by atoms with Gasteiger partial charge in [-0.1, -0.05) is 39.0 Å². The molecule has 0 aromatic rings. The van der Waals surface area contributed by atoms with E-state index in [0.29, 0.717) is 0 Å². The molecular formula is C10H17Cl2Zr. The van der Waals surface area contributed by atoms with Crippen LogP contribution in [0.25, 0.3) is 0 Å². The molecule has 0 fully saturated rings. The Labute approximate surface area is 114 Å². The second kappa shape index (κ2) is 23.1. The Hall–Kier alpha value is 0.943. The SMILES string of the molecule is [CH-]=CC=CCCCCCC.[Cl-].[Cl-].[Zr+3]. The first-order valence-electron chi connectivity index (χ1n) is 4.12. The summed E-state index contributed by atoms with van der Waals surface area (Å²) in [7, 11) is 0. The third-order valence-corrected chi connectivity index (χ3v) is 1.47. The number of halogens is 2. The molecule has 0 N–H and O–H groups in total. The minimum atomic E-state index is 0. The van der Waals surface area contributed by atoms with Gasteiger partial charge in [-0.2, -0.15) is 6.08 Å². The van der Waals surface area contributed by atoms with Crippen molar-refractivity contribution in [2.24, 2.45) is 0 Å². The summed E-state index contributed by atoms with van der Waals surface area (Å²) >= 11 is 0. The molecule has 0 rings (SSSR count). The van der Waals surface area contributed by atoms with Crippen LogP contribution in [0.15, 0.2) is 18.2 Å². The van der Waals surface area contributed by atoms with Gasteiger partial charge in [0.15, 0.2) is 0 Å². The summed E-state index contributed by atoms with van der Waals surface area (Å²) in [6.45, 7) is 7.38. The van der Waals surface area contributed by atoms with Crippen LogP contribution in [-0.4, -0.2) is 0 Å². The van der Waals surface area contributed by atoms with Crippen molar-refractivity contribution in [1.82, 2.24) is 0 Å². The molecule has 0 heterocycles. The molecule has 0 spiro atoms. The Balaban J connectivity index is -0.000000135. The second-order valence-corrected chi connectivity index (χ2v) is 2.47. The molecule has 0 aromatic heterocycles. The van der Waals surface area contributed by atoms with Gasteiger partial charge < -0.3 is 24.8 Å². The van der Waals surface area contributed by atoms with Gasteiger partial charge in [-0.05, 0) is 0 Å². The first-order valence-corrected chi connectivity index (χ1v) is 4.12. The predicted molar refractivity (Wildman–Crippen MR) is 46.8 cm³/mol. The van der Waals surface area contributed by atoms with Crippen molar-refractivity contribution in [3.8, 4) is 0 Å². The van der Waals surface area contributed by atoms with Gasteiger partial charge in [0.2, 0.25) is 0 Å². The van der Waals surface area contributed by atoms with E-state index >= 15 is 0 Å². The first-order chi connectivity index (χ1) is 4.91. The predicted octanol–water partition coefficient (Wildman–Crippen LogP) is -2.49. The minimum Gasteiger partial charge on any atom is -1.00 e. The van der Waals surface area contributed by atoms with Crippen molar-refractivity contribution < 1.29 is 51.0 Å². The Bertz CT molecular complexity index is 103. The van der Waals surface area contributed by atoms with Crippen molar-refractivity contribution in [2.75, 3.05) is 0 Å². The fraction of sp³-hybridized carbons (Fsp3) is 0.600. The summed E-state index contributed by atoms with van der Waals surface area (Å²) < 4.78 is 0. The molecule has 1 radical (unpaired) electrons. The Morgan fingerprint density at radius 1 is 1.08 bits per heavy atom. The molecule has 0 aromatic carbocycles. The summed E-state index contributed by atoms with van der Waals surface area (Å²) in [5, 5.41) is 0. The molecule has 0 saturated carbocycles. The Kier molecular flexibility index (Phi) is 42.0. The topological polar surface area (TPSA) is 0 Å². The summed E-state index contributed by atoms with van der Waals surface area (Å²) in [5.74, 6) is 0. The molecule has 0 amide bonds. The van der Waals surface area contributed by atoms with Gasteiger partial charge in [0.25, 0.3) is 0 Å². The van der Waals surface area contributed by atoms with Gasteiger partial charge in [-0.3, -0.25) is 6.58 Å². The largest absolute Gasteiger partial charge is 3.00 e. The monoisotopic (exact) mass is 297 g/mol. The number of unbranched alkanes of at least 4 members (excludes halogenated alkanes) is 4. The second-order valence-electron chi connectivity index (χ2n) is 2.47. The molecule has 13 heavy (non-hydrogen) atoms. The molecule has 0 saturated heterocycles. The van der Waals surface area contributed by atoms with Crippen molar-refractivity contribution >= 4 is 0 Å². The molecule has 3 heteroatoms. The van der Waals surface area contributed by atoms with Gasteiger partial charge >= 0.3 is 26.2 Å². The molecule has 0 bridgehead atoms. The van der Waals surface area contributed by atoms with E-state index in [0.717, 1.165) is 0 Å². The standard InChI is InChI=1S/C10H17.2ClH.Zr/c1-3-5-7-9-10-8-6-4-2;;;/h1,3,5,7H,4,6,8-10H2,2H3;2*1H;/q-1;;;+3/p-2. The van der Waals surface area contributed by atoms with Crippen LogP contribution in [0.5, 0.6) is 0 Å². The van der Waals surface area contributed by atoms with Crippen molar-refractivity contribution in [3.63, 3.8) is 0 Å². The van der Waals surface area contributed by atoms with Gasteiger partial charge in [-0.25, -0.2) is 12.2 Å². The number of rotatable bonds is 6. The average Bonchev–Trinajstić information content (AvgIpc) is 1.97. The van der Waals surface area contributed by atoms with E-state index < -0.39 is 0 Å². The molecule has 0 aliphatic heterocycles. The van der Waals surface area contributed by atoms with Crippen LogP contribution in [-0.2, 0) is 26.2 Å². The maximum absolute atomic E-state index is 5.16. The fourth-order valence-corrected chi connectivity index (χ4v) is 0.864. The Morgan fingerprint density at radius 3 is 2.15 bits per heavy atom. The van der Waals surface area contributed by atoms with Crippen molar-refractivity contribution in [3.05, 3.63) is 24.8 Å². The van der Waals surface area contributed by atoms with E-state index in [1.807, 2.05) is 6.08 Å². The van der Waals surface area contributed by atoms with Crippen LogP contribution < -0.4 is 24.8 Å². The van der Waals surface area contributed by atoms with Gasteiger partial charge in [0.05, 0.1) is 0 Å². The number of hydrogen-bond donors (Lipinski definition) is 0. The molecule has 75 valence electrons. The van der Waals surface area contributed by atoms with E-state index in [9.17, 15) is 0 Å². The van der Waals surface area contributed by atoms with Crippen molar-refractivity contribution in [2.45, 2.75) is 39.0 Å². The molecule has 0 aliphatic carbocycles. The van der Waals surface area contributed by atoms with Crippen LogP contribution in [0.2, 0.25) is 0 Å². The van der Waals surface area contributed by atoms with E-state index in [4.69, 9.17) is 6.58 Å². The van der Waals surface area contributed by atoms with Gasteiger partial charge in [-0.15, -0.1) is 0 Å². The quantitative estimate of drug-likeness (QED) is 0.289. The fourth-order valence-electron chi connectivity index (χ4n) is 0.864. The summed E-state index contributed by atoms with van der Waals surface area (Å²) in [4.78, 5) is 0. The number of allylic oxidation sites excluding steroid dienone is 3. The third-order valence-electron chi connectivity index (χ3n) is 1.47. The van der Waals surface area contributed by atoms with E-state index in [1.54, 1.807) is 6.08 Å².